The Labute approximate surface area is 146 Å². The van der Waals surface area contributed by atoms with Crippen molar-refractivity contribution in [1.82, 2.24) is 9.88 Å². The third-order valence-electron chi connectivity index (χ3n) is 3.86. The van der Waals surface area contributed by atoms with Gasteiger partial charge in [-0.05, 0) is 49.6 Å². The number of nitrogens with one attached hydrogen (secondary N) is 1. The molecule has 0 saturated heterocycles. The van der Waals surface area contributed by atoms with Crippen LogP contribution in [0, 0.1) is 0 Å². The standard InChI is InChI=1S/C16H16Br2N2O2/c1-22-11-4-2-10(3-5-11)8-14(21)20-13-6-7-19-9-12(13)15(17)16(20)18/h2-5,19H,6-9H2,1H3. The molecule has 1 aromatic carbocycles. The predicted octanol–water partition coefficient (Wildman–Crippen LogP) is 3.55. The lowest BCUT2D eigenvalue weighted by molar-refractivity contribution is 0.0908. The summed E-state index contributed by atoms with van der Waals surface area (Å²) in [6, 6.07) is 7.61. The normalized spacial score (nSPS) is 13.8. The summed E-state index contributed by atoms with van der Waals surface area (Å²) in [4.78, 5) is 12.7. The van der Waals surface area contributed by atoms with Crippen LogP contribution < -0.4 is 10.1 Å². The molecule has 0 saturated carbocycles. The Hall–Kier alpha value is -1.11. The zero-order chi connectivity index (χ0) is 15.7. The molecule has 4 nitrogen and oxygen atoms in total. The highest BCUT2D eigenvalue weighted by molar-refractivity contribution is 9.13. The van der Waals surface area contributed by atoms with Crippen LogP contribution in [-0.4, -0.2) is 24.1 Å². The van der Waals surface area contributed by atoms with Gasteiger partial charge in [0.25, 0.3) is 0 Å². The fraction of sp³-hybridized carbons (Fsp3) is 0.312. The maximum absolute atomic E-state index is 12.7. The Kier molecular flexibility index (Phi) is 4.70. The molecule has 0 radical (unpaired) electrons. The van der Waals surface area contributed by atoms with E-state index in [0.717, 1.165) is 45.6 Å². The first-order valence-corrected chi connectivity index (χ1v) is 8.64. The molecule has 2 aromatic rings. The van der Waals surface area contributed by atoms with Crippen molar-refractivity contribution in [3.8, 4) is 5.75 Å². The number of ether oxygens (including phenoxy) is 1. The second-order valence-corrected chi connectivity index (χ2v) is 6.75. The Morgan fingerprint density at radius 2 is 2.05 bits per heavy atom. The molecule has 1 aliphatic heterocycles. The molecule has 116 valence electrons. The molecule has 0 fully saturated rings. The van der Waals surface area contributed by atoms with Crippen molar-refractivity contribution in [2.24, 2.45) is 0 Å². The molecule has 3 rings (SSSR count). The third kappa shape index (κ3) is 2.87. The molecule has 0 unspecified atom stereocenters. The molecule has 0 aliphatic carbocycles. The van der Waals surface area contributed by atoms with Crippen LogP contribution in [0.5, 0.6) is 5.75 Å². The Bertz CT molecular complexity index is 708. The molecule has 0 amide bonds. The number of carbonyl (C=O) groups is 1. The van der Waals surface area contributed by atoms with Crippen LogP contribution in [0.2, 0.25) is 0 Å². The molecule has 1 aliphatic rings. The summed E-state index contributed by atoms with van der Waals surface area (Å²) < 4.78 is 8.72. The number of benzene rings is 1. The average molecular weight is 428 g/mol. The van der Waals surface area contributed by atoms with Gasteiger partial charge in [-0.1, -0.05) is 12.1 Å². The van der Waals surface area contributed by atoms with E-state index in [-0.39, 0.29) is 5.91 Å². The van der Waals surface area contributed by atoms with Crippen molar-refractivity contribution >= 4 is 37.8 Å². The van der Waals surface area contributed by atoms with Crippen molar-refractivity contribution in [3.05, 3.63) is 50.2 Å². The first kappa shape index (κ1) is 15.8. The molecule has 1 aromatic heterocycles. The first-order valence-electron chi connectivity index (χ1n) is 7.06. The quantitative estimate of drug-likeness (QED) is 0.814. The first-order chi connectivity index (χ1) is 10.6. The lowest BCUT2D eigenvalue weighted by atomic mass is 10.1. The Morgan fingerprint density at radius 1 is 1.32 bits per heavy atom. The highest BCUT2D eigenvalue weighted by Gasteiger charge is 2.25. The van der Waals surface area contributed by atoms with Gasteiger partial charge < -0.3 is 10.1 Å². The number of carbonyl (C=O) groups excluding carboxylic acids is 1. The molecule has 0 spiro atoms. The van der Waals surface area contributed by atoms with E-state index in [4.69, 9.17) is 4.74 Å². The van der Waals surface area contributed by atoms with Crippen LogP contribution >= 0.6 is 31.9 Å². The van der Waals surface area contributed by atoms with Gasteiger partial charge in [0.05, 0.1) is 18.0 Å². The van der Waals surface area contributed by atoms with E-state index in [1.165, 1.54) is 5.56 Å². The zero-order valence-electron chi connectivity index (χ0n) is 12.2. The largest absolute Gasteiger partial charge is 0.497 e. The molecule has 2 heterocycles. The third-order valence-corrected chi connectivity index (χ3v) is 6.00. The van der Waals surface area contributed by atoms with Crippen LogP contribution in [0.15, 0.2) is 33.3 Å². The average Bonchev–Trinajstić information content (AvgIpc) is 2.80. The Balaban J connectivity index is 1.88. The lowest BCUT2D eigenvalue weighted by Crippen LogP contribution is -2.27. The predicted molar refractivity (Wildman–Crippen MR) is 92.6 cm³/mol. The van der Waals surface area contributed by atoms with Crippen LogP contribution in [0.3, 0.4) is 0 Å². The van der Waals surface area contributed by atoms with E-state index < -0.39 is 0 Å². The van der Waals surface area contributed by atoms with Gasteiger partial charge in [0.15, 0.2) is 0 Å². The van der Waals surface area contributed by atoms with Gasteiger partial charge in [-0.2, -0.15) is 0 Å². The number of nitrogens with zero attached hydrogens (tertiary/aromatic N) is 1. The van der Waals surface area contributed by atoms with Crippen molar-refractivity contribution in [3.63, 3.8) is 0 Å². The number of hydrogen-bond acceptors (Lipinski definition) is 3. The second kappa shape index (κ2) is 6.56. The monoisotopic (exact) mass is 426 g/mol. The summed E-state index contributed by atoms with van der Waals surface area (Å²) in [6.45, 7) is 1.68. The molecular weight excluding hydrogens is 412 g/mol. The smallest absolute Gasteiger partial charge is 0.236 e. The van der Waals surface area contributed by atoms with E-state index in [1.54, 1.807) is 11.7 Å². The summed E-state index contributed by atoms with van der Waals surface area (Å²) in [6.07, 6.45) is 1.22. The number of hydrogen-bond donors (Lipinski definition) is 1. The number of aromatic nitrogens is 1. The number of halogens is 2. The van der Waals surface area contributed by atoms with Crippen LogP contribution in [0.25, 0.3) is 0 Å². The molecule has 22 heavy (non-hydrogen) atoms. The highest BCUT2D eigenvalue weighted by atomic mass is 79.9. The fourth-order valence-corrected chi connectivity index (χ4v) is 3.92. The van der Waals surface area contributed by atoms with Crippen LogP contribution in [0.1, 0.15) is 21.6 Å². The van der Waals surface area contributed by atoms with Gasteiger partial charge in [0.2, 0.25) is 5.91 Å². The van der Waals surface area contributed by atoms with Crippen LogP contribution in [-0.2, 0) is 19.4 Å². The molecular formula is C16H16Br2N2O2. The van der Waals surface area contributed by atoms with Gasteiger partial charge >= 0.3 is 0 Å². The summed E-state index contributed by atoms with van der Waals surface area (Å²) in [5, 5.41) is 3.33. The Morgan fingerprint density at radius 3 is 2.73 bits per heavy atom. The second-order valence-electron chi connectivity index (χ2n) is 5.21. The van der Waals surface area contributed by atoms with Crippen molar-refractivity contribution in [2.45, 2.75) is 19.4 Å². The van der Waals surface area contributed by atoms with E-state index in [9.17, 15) is 4.79 Å². The minimum atomic E-state index is 0.0703. The molecule has 0 atom stereocenters. The van der Waals surface area contributed by atoms with E-state index >= 15 is 0 Å². The minimum absolute atomic E-state index is 0.0703. The van der Waals surface area contributed by atoms with Crippen LogP contribution in [0.4, 0.5) is 0 Å². The number of fused-ring (bicyclic) bond motifs is 1. The molecule has 0 bridgehead atoms. The van der Waals surface area contributed by atoms with Gasteiger partial charge in [0.1, 0.15) is 10.4 Å². The van der Waals surface area contributed by atoms with Crippen molar-refractivity contribution in [1.29, 1.82) is 0 Å². The number of rotatable bonds is 3. The van der Waals surface area contributed by atoms with Gasteiger partial charge in [-0.25, -0.2) is 0 Å². The zero-order valence-corrected chi connectivity index (χ0v) is 15.3. The molecule has 1 N–H and O–H groups in total. The number of methoxy groups -OCH3 is 1. The maximum atomic E-state index is 12.7. The van der Waals surface area contributed by atoms with E-state index in [0.29, 0.717) is 6.42 Å². The summed E-state index contributed by atoms with van der Waals surface area (Å²) in [5.74, 6) is 0.866. The summed E-state index contributed by atoms with van der Waals surface area (Å²) in [5.41, 5.74) is 3.24. The SMILES string of the molecule is COc1ccc(CC(=O)n2c(Br)c(Br)c3c2CCNC3)cc1. The van der Waals surface area contributed by atoms with Crippen molar-refractivity contribution < 1.29 is 9.53 Å². The van der Waals surface area contributed by atoms with E-state index in [1.807, 2.05) is 24.3 Å². The van der Waals surface area contributed by atoms with Crippen molar-refractivity contribution in [2.75, 3.05) is 13.7 Å². The van der Waals surface area contributed by atoms with Gasteiger partial charge in [0, 0.05) is 30.8 Å². The molecule has 6 heteroatoms. The maximum Gasteiger partial charge on any atom is 0.236 e. The summed E-state index contributed by atoms with van der Waals surface area (Å²) >= 11 is 7.13. The topological polar surface area (TPSA) is 43.3 Å². The minimum Gasteiger partial charge on any atom is -0.497 e. The highest BCUT2D eigenvalue weighted by Crippen LogP contribution is 2.34. The summed E-state index contributed by atoms with van der Waals surface area (Å²) in [7, 11) is 1.63. The van der Waals surface area contributed by atoms with E-state index in [2.05, 4.69) is 37.2 Å². The van der Waals surface area contributed by atoms with Gasteiger partial charge in [-0.15, -0.1) is 0 Å². The lowest BCUT2D eigenvalue weighted by Gasteiger charge is -2.16. The van der Waals surface area contributed by atoms with Gasteiger partial charge in [-0.3, -0.25) is 9.36 Å². The fourth-order valence-electron chi connectivity index (χ4n) is 2.72.